The van der Waals surface area contributed by atoms with Gasteiger partial charge in [0, 0.05) is 49.8 Å². The number of hydrogen-bond acceptors (Lipinski definition) is 6. The minimum Gasteiger partial charge on any atom is -0.374 e. The summed E-state index contributed by atoms with van der Waals surface area (Å²) in [6.45, 7) is 6.57. The molecule has 3 aliphatic heterocycles. The Labute approximate surface area is 136 Å². The number of nitrogens with zero attached hydrogens (tertiary/aromatic N) is 3. The van der Waals surface area contributed by atoms with Gasteiger partial charge in [-0.05, 0) is 32.2 Å². The molecule has 3 fully saturated rings. The van der Waals surface area contributed by atoms with Gasteiger partial charge in [0.25, 0.3) is 0 Å². The van der Waals surface area contributed by atoms with Gasteiger partial charge >= 0.3 is 0 Å². The fraction of sp³-hybridized carbons (Fsp3) is 0.812. The smallest absolute Gasteiger partial charge is 0.185 e. The van der Waals surface area contributed by atoms with Crippen LogP contribution in [0.15, 0.2) is 11.6 Å². The fourth-order valence-electron chi connectivity index (χ4n) is 3.95. The molecule has 1 N–H and O–H groups in total. The maximum atomic E-state index is 6.04. The largest absolute Gasteiger partial charge is 0.374 e. The Morgan fingerprint density at radius 1 is 1.27 bits per heavy atom. The minimum atomic E-state index is 0.381. The lowest BCUT2D eigenvalue weighted by atomic mass is 10.1. The summed E-state index contributed by atoms with van der Waals surface area (Å²) in [5.74, 6) is 0. The van der Waals surface area contributed by atoms with Crippen molar-refractivity contribution in [2.45, 2.75) is 43.9 Å². The fourth-order valence-corrected chi connectivity index (χ4v) is 4.65. The lowest BCUT2D eigenvalue weighted by Crippen LogP contribution is -2.51. The lowest BCUT2D eigenvalue weighted by Gasteiger charge is -2.37. The first kappa shape index (κ1) is 14.9. The average Bonchev–Trinajstić information content (AvgIpc) is 3.24. The van der Waals surface area contributed by atoms with Crippen LogP contribution < -0.4 is 10.2 Å². The number of thiazole rings is 1. The molecule has 0 bridgehead atoms. The van der Waals surface area contributed by atoms with Crippen LogP contribution in [0.1, 0.15) is 25.7 Å². The summed E-state index contributed by atoms with van der Waals surface area (Å²) >= 11 is 1.74. The van der Waals surface area contributed by atoms with Crippen LogP contribution >= 0.6 is 11.3 Å². The molecule has 3 aliphatic rings. The molecule has 0 saturated carbocycles. The third-order valence-electron chi connectivity index (χ3n) is 5.28. The molecular formula is C16H26N4OS. The summed E-state index contributed by atoms with van der Waals surface area (Å²) in [4.78, 5) is 9.45. The molecule has 0 aromatic carbocycles. The predicted octanol–water partition coefficient (Wildman–Crippen LogP) is 1.56. The van der Waals surface area contributed by atoms with E-state index < -0.39 is 0 Å². The minimum absolute atomic E-state index is 0.381. The van der Waals surface area contributed by atoms with E-state index >= 15 is 0 Å². The normalized spacial score (nSPS) is 30.6. The molecule has 4 heterocycles. The van der Waals surface area contributed by atoms with Crippen molar-refractivity contribution < 1.29 is 4.74 Å². The highest BCUT2D eigenvalue weighted by atomic mass is 32.1. The van der Waals surface area contributed by atoms with Gasteiger partial charge in [0.05, 0.1) is 12.7 Å². The molecule has 1 aromatic rings. The second-order valence-electron chi connectivity index (χ2n) is 6.73. The topological polar surface area (TPSA) is 40.6 Å². The monoisotopic (exact) mass is 322 g/mol. The number of anilines is 1. The Morgan fingerprint density at radius 2 is 2.18 bits per heavy atom. The number of fused-ring (bicyclic) bond motifs is 1. The SMILES string of the molecule is c1csc(N2CCC(NCC3CN4CCCC4CO3)CC2)n1. The highest BCUT2D eigenvalue weighted by Crippen LogP contribution is 2.24. The van der Waals surface area contributed by atoms with Crippen molar-refractivity contribution in [3.8, 4) is 0 Å². The zero-order valence-electron chi connectivity index (χ0n) is 13.1. The maximum Gasteiger partial charge on any atom is 0.185 e. The van der Waals surface area contributed by atoms with Gasteiger partial charge in [-0.2, -0.15) is 0 Å². The van der Waals surface area contributed by atoms with Crippen molar-refractivity contribution in [2.24, 2.45) is 0 Å². The first-order valence-electron chi connectivity index (χ1n) is 8.62. The number of aromatic nitrogens is 1. The standard InChI is InChI=1S/C16H26N4OS/c1-2-14-12-21-15(11-20(14)6-1)10-18-13-3-7-19(8-4-13)16-17-5-9-22-16/h5,9,13-15,18H,1-4,6-8,10-12H2. The first-order chi connectivity index (χ1) is 10.9. The molecule has 4 rings (SSSR count). The predicted molar refractivity (Wildman–Crippen MR) is 89.7 cm³/mol. The van der Waals surface area contributed by atoms with Gasteiger partial charge in [0.2, 0.25) is 0 Å². The summed E-state index contributed by atoms with van der Waals surface area (Å²) in [7, 11) is 0. The molecule has 0 spiro atoms. The zero-order valence-corrected chi connectivity index (χ0v) is 13.9. The van der Waals surface area contributed by atoms with E-state index in [-0.39, 0.29) is 0 Å². The van der Waals surface area contributed by atoms with E-state index in [9.17, 15) is 0 Å². The van der Waals surface area contributed by atoms with Crippen LogP contribution in [0.3, 0.4) is 0 Å². The third kappa shape index (κ3) is 3.30. The van der Waals surface area contributed by atoms with E-state index in [2.05, 4.69) is 25.5 Å². The van der Waals surface area contributed by atoms with Crippen LogP contribution in [0.5, 0.6) is 0 Å². The maximum absolute atomic E-state index is 6.04. The van der Waals surface area contributed by atoms with Gasteiger partial charge in [-0.3, -0.25) is 4.90 Å². The number of hydrogen-bond donors (Lipinski definition) is 1. The van der Waals surface area contributed by atoms with Crippen molar-refractivity contribution in [3.05, 3.63) is 11.6 Å². The summed E-state index contributed by atoms with van der Waals surface area (Å²) in [6.07, 6.45) is 7.37. The van der Waals surface area contributed by atoms with Gasteiger partial charge < -0.3 is 15.0 Å². The van der Waals surface area contributed by atoms with Gasteiger partial charge in [0.1, 0.15) is 0 Å². The molecule has 122 valence electrons. The summed E-state index contributed by atoms with van der Waals surface area (Å²) in [5.41, 5.74) is 0. The molecule has 0 aliphatic carbocycles. The van der Waals surface area contributed by atoms with Crippen molar-refractivity contribution >= 4 is 16.5 Å². The van der Waals surface area contributed by atoms with Crippen LogP contribution in [0, 0.1) is 0 Å². The second kappa shape index (κ2) is 6.83. The number of ether oxygens (including phenoxy) is 1. The van der Waals surface area contributed by atoms with Crippen LogP contribution in [-0.2, 0) is 4.74 Å². The van der Waals surface area contributed by atoms with Gasteiger partial charge in [0.15, 0.2) is 5.13 Å². The number of piperidine rings is 1. The van der Waals surface area contributed by atoms with Crippen molar-refractivity contribution in [1.29, 1.82) is 0 Å². The van der Waals surface area contributed by atoms with Crippen LogP contribution in [0.25, 0.3) is 0 Å². The van der Waals surface area contributed by atoms with E-state index in [1.165, 1.54) is 37.4 Å². The Kier molecular flexibility index (Phi) is 4.61. The van der Waals surface area contributed by atoms with Gasteiger partial charge in [-0.15, -0.1) is 11.3 Å². The van der Waals surface area contributed by atoms with Crippen LogP contribution in [0.2, 0.25) is 0 Å². The van der Waals surface area contributed by atoms with E-state index in [4.69, 9.17) is 4.74 Å². The third-order valence-corrected chi connectivity index (χ3v) is 6.11. The summed E-state index contributed by atoms with van der Waals surface area (Å²) < 4.78 is 6.04. The molecule has 0 radical (unpaired) electrons. The van der Waals surface area contributed by atoms with Crippen molar-refractivity contribution in [3.63, 3.8) is 0 Å². The highest BCUT2D eigenvalue weighted by molar-refractivity contribution is 7.13. The van der Waals surface area contributed by atoms with E-state index in [1.54, 1.807) is 11.3 Å². The Morgan fingerprint density at radius 3 is 3.00 bits per heavy atom. The Bertz CT molecular complexity index is 461. The quantitative estimate of drug-likeness (QED) is 0.911. The highest BCUT2D eigenvalue weighted by Gasteiger charge is 2.32. The molecule has 2 atom stereocenters. The molecule has 1 aromatic heterocycles. The van der Waals surface area contributed by atoms with E-state index in [0.29, 0.717) is 18.2 Å². The van der Waals surface area contributed by atoms with Crippen molar-refractivity contribution in [1.82, 2.24) is 15.2 Å². The number of nitrogens with one attached hydrogen (secondary N) is 1. The number of rotatable bonds is 4. The first-order valence-corrected chi connectivity index (χ1v) is 9.50. The molecule has 0 amide bonds. The van der Waals surface area contributed by atoms with Crippen LogP contribution in [-0.4, -0.2) is 67.4 Å². The second-order valence-corrected chi connectivity index (χ2v) is 7.60. The number of morpholine rings is 1. The van der Waals surface area contributed by atoms with Crippen LogP contribution in [0.4, 0.5) is 5.13 Å². The Hall–Kier alpha value is -0.690. The molecule has 3 saturated heterocycles. The molecule has 6 heteroatoms. The van der Waals surface area contributed by atoms with E-state index in [1.807, 2.05) is 6.20 Å². The summed E-state index contributed by atoms with van der Waals surface area (Å²) in [5, 5.41) is 6.98. The average molecular weight is 322 g/mol. The van der Waals surface area contributed by atoms with Gasteiger partial charge in [-0.1, -0.05) is 0 Å². The molecule has 22 heavy (non-hydrogen) atoms. The molecular weight excluding hydrogens is 296 g/mol. The molecule has 5 nitrogen and oxygen atoms in total. The Balaban J connectivity index is 1.19. The van der Waals surface area contributed by atoms with E-state index in [0.717, 1.165) is 32.8 Å². The van der Waals surface area contributed by atoms with Crippen molar-refractivity contribution in [2.75, 3.05) is 44.2 Å². The van der Waals surface area contributed by atoms with Gasteiger partial charge in [-0.25, -0.2) is 4.98 Å². The summed E-state index contributed by atoms with van der Waals surface area (Å²) in [6, 6.07) is 1.34. The molecule has 2 unspecified atom stereocenters. The lowest BCUT2D eigenvalue weighted by molar-refractivity contribution is -0.0480. The zero-order chi connectivity index (χ0) is 14.8.